The van der Waals surface area contributed by atoms with Crippen molar-refractivity contribution < 1.29 is 9.85 Å². The van der Waals surface area contributed by atoms with Gasteiger partial charge in [0.2, 0.25) is 0 Å². The van der Waals surface area contributed by atoms with E-state index < -0.39 is 9.85 Å². The molecule has 2 aromatic carbocycles. The molecule has 0 bridgehead atoms. The zero-order valence-corrected chi connectivity index (χ0v) is 12.1. The second kappa shape index (κ2) is 6.17. The molecule has 0 aromatic heterocycles. The zero-order chi connectivity index (χ0) is 16.3. The van der Waals surface area contributed by atoms with Crippen molar-refractivity contribution in [2.24, 2.45) is 0 Å². The van der Waals surface area contributed by atoms with Gasteiger partial charge in [-0.25, -0.2) is 0 Å². The second-order valence-electron chi connectivity index (χ2n) is 4.83. The summed E-state index contributed by atoms with van der Waals surface area (Å²) in [6.45, 7) is 3.36. The van der Waals surface area contributed by atoms with Gasteiger partial charge in [0.05, 0.1) is 9.85 Å². The van der Waals surface area contributed by atoms with E-state index in [2.05, 4.69) is 0 Å². The number of nitro benzene ring substituents is 2. The Morgan fingerprint density at radius 2 is 1.14 bits per heavy atom. The summed E-state index contributed by atoms with van der Waals surface area (Å²) >= 11 is 0. The minimum absolute atomic E-state index is 0.0536. The predicted octanol–water partition coefficient (Wildman–Crippen LogP) is 4.29. The highest BCUT2D eigenvalue weighted by molar-refractivity contribution is 5.75. The lowest BCUT2D eigenvalue weighted by Crippen LogP contribution is -1.94. The molecule has 0 fully saturated rings. The van der Waals surface area contributed by atoms with Gasteiger partial charge in [-0.05, 0) is 25.0 Å². The molecule has 6 heteroatoms. The Bertz CT molecular complexity index is 716. The Labute approximate surface area is 127 Å². The summed E-state index contributed by atoms with van der Waals surface area (Å²) < 4.78 is 0. The van der Waals surface area contributed by atoms with E-state index in [9.17, 15) is 20.2 Å². The molecule has 2 aromatic rings. The fourth-order valence-electron chi connectivity index (χ4n) is 2.22. The van der Waals surface area contributed by atoms with E-state index in [1.54, 1.807) is 50.3 Å². The molecule has 0 spiro atoms. The summed E-state index contributed by atoms with van der Waals surface area (Å²) in [5.41, 5.74) is 2.65. The van der Waals surface area contributed by atoms with E-state index in [0.717, 1.165) is 0 Å². The molecule has 0 saturated carbocycles. The van der Waals surface area contributed by atoms with Crippen molar-refractivity contribution in [3.63, 3.8) is 0 Å². The van der Waals surface area contributed by atoms with Crippen LogP contribution >= 0.6 is 0 Å². The van der Waals surface area contributed by atoms with Gasteiger partial charge in [-0.3, -0.25) is 20.2 Å². The van der Waals surface area contributed by atoms with Crippen molar-refractivity contribution in [2.45, 2.75) is 13.8 Å². The summed E-state index contributed by atoms with van der Waals surface area (Å²) in [5.74, 6) is 0. The largest absolute Gasteiger partial charge is 0.272 e. The Balaban J connectivity index is 2.42. The first-order valence-electron chi connectivity index (χ1n) is 6.58. The molecule has 0 radical (unpaired) electrons. The predicted molar refractivity (Wildman–Crippen MR) is 84.6 cm³/mol. The number of hydrogen-bond acceptors (Lipinski definition) is 4. The molecule has 112 valence electrons. The molecular formula is C16H14N2O4. The molecular weight excluding hydrogens is 284 g/mol. The maximum Gasteiger partial charge on any atom is 0.272 e. The fourth-order valence-corrected chi connectivity index (χ4v) is 2.22. The maximum atomic E-state index is 10.9. The first-order valence-corrected chi connectivity index (χ1v) is 6.58. The molecule has 0 atom stereocenters. The van der Waals surface area contributed by atoms with Crippen LogP contribution in [0, 0.1) is 34.1 Å². The van der Waals surface area contributed by atoms with E-state index in [-0.39, 0.29) is 11.4 Å². The van der Waals surface area contributed by atoms with Crippen LogP contribution in [0.5, 0.6) is 0 Å². The topological polar surface area (TPSA) is 86.3 Å². The number of benzene rings is 2. The van der Waals surface area contributed by atoms with Crippen LogP contribution in [0.25, 0.3) is 12.2 Å². The third-order valence-electron chi connectivity index (χ3n) is 3.53. The fraction of sp³-hybridized carbons (Fsp3) is 0.125. The SMILES string of the molecule is Cc1c(/C=C/c2cccc([N+](=O)[O-])c2C)cccc1[N+](=O)[O-]. The first kappa shape index (κ1) is 15.4. The zero-order valence-electron chi connectivity index (χ0n) is 12.1. The van der Waals surface area contributed by atoms with E-state index in [1.165, 1.54) is 12.1 Å². The summed E-state index contributed by atoms with van der Waals surface area (Å²) in [6.07, 6.45) is 3.46. The van der Waals surface area contributed by atoms with Gasteiger partial charge in [0.1, 0.15) is 0 Å². The molecule has 0 aliphatic carbocycles. The van der Waals surface area contributed by atoms with Gasteiger partial charge in [-0.1, -0.05) is 36.4 Å². The highest BCUT2D eigenvalue weighted by atomic mass is 16.6. The average Bonchev–Trinajstić information content (AvgIpc) is 2.46. The molecule has 0 unspecified atom stereocenters. The maximum absolute atomic E-state index is 10.9. The van der Waals surface area contributed by atoms with Crippen molar-refractivity contribution in [3.8, 4) is 0 Å². The summed E-state index contributed by atoms with van der Waals surface area (Å²) in [5, 5.41) is 21.9. The van der Waals surface area contributed by atoms with Crippen LogP contribution in [0.1, 0.15) is 22.3 Å². The van der Waals surface area contributed by atoms with Crippen LogP contribution in [0.2, 0.25) is 0 Å². The van der Waals surface area contributed by atoms with Crippen molar-refractivity contribution in [2.75, 3.05) is 0 Å². The molecule has 0 saturated heterocycles. The third kappa shape index (κ3) is 3.01. The molecule has 0 N–H and O–H groups in total. The van der Waals surface area contributed by atoms with E-state index in [1.807, 2.05) is 0 Å². The van der Waals surface area contributed by atoms with Crippen LogP contribution in [-0.2, 0) is 0 Å². The quantitative estimate of drug-likeness (QED) is 0.478. The van der Waals surface area contributed by atoms with Crippen LogP contribution in [0.3, 0.4) is 0 Å². The second-order valence-corrected chi connectivity index (χ2v) is 4.83. The summed E-state index contributed by atoms with van der Waals surface area (Å²) in [4.78, 5) is 21.0. The lowest BCUT2D eigenvalue weighted by molar-refractivity contribution is -0.385. The van der Waals surface area contributed by atoms with Gasteiger partial charge < -0.3 is 0 Å². The molecule has 6 nitrogen and oxygen atoms in total. The van der Waals surface area contributed by atoms with Gasteiger partial charge >= 0.3 is 0 Å². The molecule has 0 amide bonds. The Morgan fingerprint density at radius 1 is 0.773 bits per heavy atom. The minimum atomic E-state index is -0.425. The van der Waals surface area contributed by atoms with Gasteiger partial charge in [0.15, 0.2) is 0 Å². The first-order chi connectivity index (χ1) is 10.4. The number of nitrogens with zero attached hydrogens (tertiary/aromatic N) is 2. The van der Waals surface area contributed by atoms with Crippen molar-refractivity contribution in [3.05, 3.63) is 78.9 Å². The normalized spacial score (nSPS) is 10.8. The Morgan fingerprint density at radius 3 is 1.45 bits per heavy atom. The highest BCUT2D eigenvalue weighted by Crippen LogP contribution is 2.25. The lowest BCUT2D eigenvalue weighted by Gasteiger charge is -2.03. The standard InChI is InChI=1S/C16H14N2O4/c1-11-13(5-3-7-15(11)17(19)20)9-10-14-6-4-8-16(12(14)2)18(21)22/h3-10H,1-2H3/b10-9+. The van der Waals surface area contributed by atoms with Crippen molar-refractivity contribution >= 4 is 23.5 Å². The third-order valence-corrected chi connectivity index (χ3v) is 3.53. The van der Waals surface area contributed by atoms with Gasteiger partial charge in [0, 0.05) is 23.3 Å². The number of hydrogen-bond donors (Lipinski definition) is 0. The summed E-state index contributed by atoms with van der Waals surface area (Å²) in [6, 6.07) is 9.67. The number of nitro groups is 2. The molecule has 0 aliphatic rings. The molecule has 0 aliphatic heterocycles. The van der Waals surface area contributed by atoms with Crippen molar-refractivity contribution in [1.82, 2.24) is 0 Å². The number of rotatable bonds is 4. The van der Waals surface area contributed by atoms with E-state index >= 15 is 0 Å². The van der Waals surface area contributed by atoms with E-state index in [4.69, 9.17) is 0 Å². The molecule has 22 heavy (non-hydrogen) atoms. The van der Waals surface area contributed by atoms with Crippen LogP contribution < -0.4 is 0 Å². The smallest absolute Gasteiger partial charge is 0.258 e. The van der Waals surface area contributed by atoms with Crippen LogP contribution in [0.4, 0.5) is 11.4 Å². The van der Waals surface area contributed by atoms with Crippen LogP contribution in [-0.4, -0.2) is 9.85 Å². The minimum Gasteiger partial charge on any atom is -0.258 e. The monoisotopic (exact) mass is 298 g/mol. The van der Waals surface area contributed by atoms with Gasteiger partial charge in [-0.2, -0.15) is 0 Å². The Kier molecular flexibility index (Phi) is 4.31. The molecule has 0 heterocycles. The van der Waals surface area contributed by atoms with E-state index in [0.29, 0.717) is 22.3 Å². The van der Waals surface area contributed by atoms with Gasteiger partial charge in [-0.15, -0.1) is 0 Å². The molecule has 2 rings (SSSR count). The highest BCUT2D eigenvalue weighted by Gasteiger charge is 2.13. The van der Waals surface area contributed by atoms with Crippen molar-refractivity contribution in [1.29, 1.82) is 0 Å². The lowest BCUT2D eigenvalue weighted by atomic mass is 10.0. The Hall–Kier alpha value is -3.02. The van der Waals surface area contributed by atoms with Gasteiger partial charge in [0.25, 0.3) is 11.4 Å². The van der Waals surface area contributed by atoms with Crippen LogP contribution in [0.15, 0.2) is 36.4 Å². The average molecular weight is 298 g/mol. The summed E-state index contributed by atoms with van der Waals surface area (Å²) in [7, 11) is 0.